The lowest BCUT2D eigenvalue weighted by atomic mass is 9.97. The number of ether oxygens (including phenoxy) is 1. The van der Waals surface area contributed by atoms with E-state index in [4.69, 9.17) is 4.74 Å². The molecule has 2 saturated heterocycles. The van der Waals surface area contributed by atoms with Gasteiger partial charge in [-0.3, -0.25) is 4.68 Å². The summed E-state index contributed by atoms with van der Waals surface area (Å²) in [5.74, 6) is 2.57. The van der Waals surface area contributed by atoms with Gasteiger partial charge in [0.05, 0.1) is 6.20 Å². The quantitative estimate of drug-likeness (QED) is 0.921. The monoisotopic (exact) mass is 281 g/mol. The summed E-state index contributed by atoms with van der Waals surface area (Å²) in [6.45, 7) is 0.872. The van der Waals surface area contributed by atoms with Crippen molar-refractivity contribution in [3.05, 3.63) is 18.0 Å². The van der Waals surface area contributed by atoms with Gasteiger partial charge in [0.1, 0.15) is 6.10 Å². The molecule has 3 heterocycles. The van der Waals surface area contributed by atoms with E-state index in [0.717, 1.165) is 13.0 Å². The minimum Gasteiger partial charge on any atom is -0.372 e. The van der Waals surface area contributed by atoms with Crippen molar-refractivity contribution in [3.63, 3.8) is 0 Å². The van der Waals surface area contributed by atoms with Gasteiger partial charge in [-0.1, -0.05) is 0 Å². The van der Waals surface area contributed by atoms with E-state index in [9.17, 15) is 0 Å². The molecule has 2 aliphatic rings. The molecule has 2 aliphatic heterocycles. The third kappa shape index (κ3) is 3.33. The van der Waals surface area contributed by atoms with Crippen LogP contribution in [-0.4, -0.2) is 40.0 Å². The largest absolute Gasteiger partial charge is 0.372 e. The lowest BCUT2D eigenvalue weighted by Gasteiger charge is -2.36. The molecule has 1 N–H and O–H groups in total. The van der Waals surface area contributed by atoms with Gasteiger partial charge < -0.3 is 10.1 Å². The van der Waals surface area contributed by atoms with E-state index in [2.05, 4.69) is 28.4 Å². The van der Waals surface area contributed by atoms with Crippen LogP contribution >= 0.6 is 11.8 Å². The van der Waals surface area contributed by atoms with Gasteiger partial charge in [-0.25, -0.2) is 0 Å². The summed E-state index contributed by atoms with van der Waals surface area (Å²) in [6.07, 6.45) is 9.22. The maximum atomic E-state index is 6.01. The second-order valence-electron chi connectivity index (χ2n) is 5.57. The van der Waals surface area contributed by atoms with Crippen molar-refractivity contribution in [2.75, 3.05) is 18.1 Å². The molecule has 0 spiro atoms. The number of rotatable bonds is 3. The number of hydrogen-bond acceptors (Lipinski definition) is 4. The predicted octanol–water partition coefficient (Wildman–Crippen LogP) is 2.13. The maximum absolute atomic E-state index is 6.01. The van der Waals surface area contributed by atoms with E-state index in [1.807, 2.05) is 17.9 Å². The molecule has 0 aromatic carbocycles. The Kier molecular flexibility index (Phi) is 4.45. The summed E-state index contributed by atoms with van der Waals surface area (Å²) in [5.41, 5.74) is 1.21. The van der Waals surface area contributed by atoms with Gasteiger partial charge in [0.25, 0.3) is 0 Å². The molecule has 0 amide bonds. The van der Waals surface area contributed by atoms with Crippen molar-refractivity contribution < 1.29 is 4.74 Å². The van der Waals surface area contributed by atoms with Crippen molar-refractivity contribution in [1.82, 2.24) is 15.1 Å². The van der Waals surface area contributed by atoms with Crippen LogP contribution in [0.1, 0.15) is 37.4 Å². The number of nitrogens with one attached hydrogen (secondary N) is 1. The highest BCUT2D eigenvalue weighted by molar-refractivity contribution is 7.99. The second kappa shape index (κ2) is 6.29. The number of thioether (sulfide) groups is 1. The van der Waals surface area contributed by atoms with Gasteiger partial charge in [-0.2, -0.15) is 16.9 Å². The number of nitrogens with zero attached hydrogens (tertiary/aromatic N) is 2. The molecule has 3 rings (SSSR count). The fourth-order valence-corrected chi connectivity index (χ4v) is 4.13. The van der Waals surface area contributed by atoms with Gasteiger partial charge in [-0.05, 0) is 31.4 Å². The summed E-state index contributed by atoms with van der Waals surface area (Å²) < 4.78 is 7.87. The molecule has 1 aromatic rings. The van der Waals surface area contributed by atoms with Crippen molar-refractivity contribution in [2.24, 2.45) is 7.05 Å². The number of aromatic nitrogens is 2. The Labute approximate surface area is 119 Å². The summed E-state index contributed by atoms with van der Waals surface area (Å²) in [5, 5.41) is 8.11. The number of hydrogen-bond donors (Lipinski definition) is 1. The molecule has 0 radical (unpaired) electrons. The maximum Gasteiger partial charge on any atom is 0.101 e. The smallest absolute Gasteiger partial charge is 0.101 e. The van der Waals surface area contributed by atoms with Crippen molar-refractivity contribution >= 4 is 11.8 Å². The highest BCUT2D eigenvalue weighted by Gasteiger charge is 2.30. The molecule has 19 heavy (non-hydrogen) atoms. The predicted molar refractivity (Wildman–Crippen MR) is 78.4 cm³/mol. The first-order valence-corrected chi connectivity index (χ1v) is 8.42. The van der Waals surface area contributed by atoms with E-state index in [1.165, 1.54) is 36.3 Å². The van der Waals surface area contributed by atoms with Crippen LogP contribution in [0.5, 0.6) is 0 Å². The van der Waals surface area contributed by atoms with Crippen LogP contribution in [0.25, 0.3) is 0 Å². The Bertz CT molecular complexity index is 403. The zero-order chi connectivity index (χ0) is 13.1. The van der Waals surface area contributed by atoms with Crippen LogP contribution < -0.4 is 5.32 Å². The molecule has 2 fully saturated rings. The minimum atomic E-state index is 0.175. The molecule has 0 saturated carbocycles. The average molecular weight is 281 g/mol. The van der Waals surface area contributed by atoms with E-state index in [1.54, 1.807) is 0 Å². The normalized spacial score (nSPS) is 32.4. The third-order valence-electron chi connectivity index (χ3n) is 3.99. The molecular weight excluding hydrogens is 258 g/mol. The standard InChI is InChI=1S/C14H23N3OS/c1-17-9-11(8-15-17)14-13(5-2-6-18-14)16-12-4-3-7-19-10-12/h8-9,12-14,16H,2-7,10H2,1H3/t12-,13+,14-/m1/s1. The SMILES string of the molecule is Cn1cc([C@H]2OCCC[C@@H]2N[C@@H]2CCCSC2)cn1. The highest BCUT2D eigenvalue weighted by Crippen LogP contribution is 2.29. The average Bonchev–Trinajstić information content (AvgIpc) is 2.87. The summed E-state index contributed by atoms with van der Waals surface area (Å²) in [4.78, 5) is 0. The molecular formula is C14H23N3OS. The second-order valence-corrected chi connectivity index (χ2v) is 6.72. The molecule has 0 bridgehead atoms. The topological polar surface area (TPSA) is 39.1 Å². The van der Waals surface area contributed by atoms with E-state index in [0.29, 0.717) is 12.1 Å². The first kappa shape index (κ1) is 13.5. The van der Waals surface area contributed by atoms with Gasteiger partial charge in [0.2, 0.25) is 0 Å². The van der Waals surface area contributed by atoms with Crippen LogP contribution in [0.4, 0.5) is 0 Å². The minimum absolute atomic E-state index is 0.175. The molecule has 0 unspecified atom stereocenters. The van der Waals surface area contributed by atoms with E-state index < -0.39 is 0 Å². The lowest BCUT2D eigenvalue weighted by molar-refractivity contribution is -0.0135. The first-order valence-electron chi connectivity index (χ1n) is 7.27. The fourth-order valence-electron chi connectivity index (χ4n) is 3.04. The molecule has 0 aliphatic carbocycles. The van der Waals surface area contributed by atoms with Crippen LogP contribution in [0.15, 0.2) is 12.4 Å². The molecule has 4 nitrogen and oxygen atoms in total. The Balaban J connectivity index is 1.66. The van der Waals surface area contributed by atoms with Crippen LogP contribution in [-0.2, 0) is 11.8 Å². The van der Waals surface area contributed by atoms with Crippen LogP contribution in [0, 0.1) is 0 Å². The molecule has 3 atom stereocenters. The van der Waals surface area contributed by atoms with Crippen molar-refractivity contribution in [2.45, 2.75) is 43.9 Å². The Morgan fingerprint density at radius 3 is 3.11 bits per heavy atom. The Morgan fingerprint density at radius 2 is 2.37 bits per heavy atom. The highest BCUT2D eigenvalue weighted by atomic mass is 32.2. The van der Waals surface area contributed by atoms with Gasteiger partial charge in [-0.15, -0.1) is 0 Å². The van der Waals surface area contributed by atoms with Gasteiger partial charge >= 0.3 is 0 Å². The fraction of sp³-hybridized carbons (Fsp3) is 0.786. The zero-order valence-electron chi connectivity index (χ0n) is 11.5. The molecule has 5 heteroatoms. The molecule has 1 aromatic heterocycles. The van der Waals surface area contributed by atoms with Crippen LogP contribution in [0.2, 0.25) is 0 Å². The van der Waals surface area contributed by atoms with E-state index in [-0.39, 0.29) is 6.10 Å². The molecule has 106 valence electrons. The van der Waals surface area contributed by atoms with Gasteiger partial charge in [0.15, 0.2) is 0 Å². The van der Waals surface area contributed by atoms with Gasteiger partial charge in [0, 0.05) is 43.3 Å². The van der Waals surface area contributed by atoms with Crippen molar-refractivity contribution in [1.29, 1.82) is 0 Å². The Hall–Kier alpha value is -0.520. The van der Waals surface area contributed by atoms with E-state index >= 15 is 0 Å². The summed E-state index contributed by atoms with van der Waals surface area (Å²) >= 11 is 2.07. The first-order chi connectivity index (χ1) is 9.33. The van der Waals surface area contributed by atoms with Crippen molar-refractivity contribution in [3.8, 4) is 0 Å². The number of aryl methyl sites for hydroxylation is 1. The summed E-state index contributed by atoms with van der Waals surface area (Å²) in [7, 11) is 1.96. The zero-order valence-corrected chi connectivity index (χ0v) is 12.4. The lowest BCUT2D eigenvalue weighted by Crippen LogP contribution is -2.46. The Morgan fingerprint density at radius 1 is 1.42 bits per heavy atom. The van der Waals surface area contributed by atoms with Crippen LogP contribution in [0.3, 0.4) is 0 Å². The third-order valence-corrected chi connectivity index (χ3v) is 5.20. The summed E-state index contributed by atoms with van der Waals surface area (Å²) in [6, 6.07) is 1.10.